The second-order valence-corrected chi connectivity index (χ2v) is 5.79. The monoisotopic (exact) mass is 302 g/mol. The molecule has 0 aliphatic rings. The summed E-state index contributed by atoms with van der Waals surface area (Å²) < 4.78 is 0. The first kappa shape index (κ1) is 15.7. The molecule has 0 amide bonds. The minimum Gasteiger partial charge on any atom is -0.399 e. The fourth-order valence-electron chi connectivity index (χ4n) is 2.31. The fourth-order valence-corrected chi connectivity index (χ4v) is 2.53. The number of benzene rings is 2. The number of hydrogen-bond donors (Lipinski definition) is 4. The van der Waals surface area contributed by atoms with Crippen molar-refractivity contribution in [2.75, 3.05) is 11.1 Å². The normalized spacial score (nSPS) is 13.7. The van der Waals surface area contributed by atoms with Crippen molar-refractivity contribution >= 4 is 24.0 Å². The van der Waals surface area contributed by atoms with Crippen molar-refractivity contribution < 1.29 is 5.11 Å². The molecular weight excluding hydrogens is 280 g/mol. The number of nitrogen functional groups attached to an aromatic ring is 1. The predicted molar refractivity (Wildman–Crippen MR) is 92.8 cm³/mol. The van der Waals surface area contributed by atoms with E-state index in [-0.39, 0.29) is 6.04 Å². The quantitative estimate of drug-likeness (QED) is 0.376. The highest BCUT2D eigenvalue weighted by atomic mass is 32.1. The Balaban J connectivity index is 2.02. The average Bonchev–Trinajstić information content (AvgIpc) is 2.46. The molecule has 0 aliphatic heterocycles. The number of rotatable bonds is 6. The molecule has 0 saturated carbocycles. The highest BCUT2D eigenvalue weighted by Crippen LogP contribution is 2.21. The number of hydrogen-bond acceptors (Lipinski definition) is 4. The summed E-state index contributed by atoms with van der Waals surface area (Å²) >= 11 is 4.19. The number of aryl methyl sites for hydroxylation is 2. The first-order valence-corrected chi connectivity index (χ1v) is 7.60. The van der Waals surface area contributed by atoms with Crippen LogP contribution in [0.4, 0.5) is 11.4 Å². The van der Waals surface area contributed by atoms with Gasteiger partial charge in [0.2, 0.25) is 0 Å². The van der Waals surface area contributed by atoms with Gasteiger partial charge in [0.05, 0.1) is 6.04 Å². The van der Waals surface area contributed by atoms with Crippen LogP contribution in [-0.4, -0.2) is 16.6 Å². The van der Waals surface area contributed by atoms with Gasteiger partial charge in [-0.1, -0.05) is 30.3 Å². The third-order valence-electron chi connectivity index (χ3n) is 3.54. The maximum absolute atomic E-state index is 9.87. The summed E-state index contributed by atoms with van der Waals surface area (Å²) in [5.74, 6) is 0. The highest BCUT2D eigenvalue weighted by Gasteiger charge is 2.16. The van der Waals surface area contributed by atoms with Gasteiger partial charge in [0, 0.05) is 11.4 Å². The lowest BCUT2D eigenvalue weighted by Gasteiger charge is -2.23. The van der Waals surface area contributed by atoms with Crippen LogP contribution in [0.15, 0.2) is 48.5 Å². The van der Waals surface area contributed by atoms with E-state index in [1.165, 1.54) is 5.56 Å². The molecule has 4 N–H and O–H groups in total. The van der Waals surface area contributed by atoms with E-state index < -0.39 is 5.44 Å². The summed E-state index contributed by atoms with van der Waals surface area (Å²) in [7, 11) is 0. The third-order valence-corrected chi connectivity index (χ3v) is 3.90. The Morgan fingerprint density at radius 2 is 1.90 bits per heavy atom. The minimum absolute atomic E-state index is 0.115. The summed E-state index contributed by atoms with van der Waals surface area (Å²) in [4.78, 5) is 0. The summed E-state index contributed by atoms with van der Waals surface area (Å²) in [6.07, 6.45) is 1.70. The van der Waals surface area contributed by atoms with E-state index >= 15 is 0 Å². The smallest absolute Gasteiger partial charge is 0.117 e. The molecule has 0 bridgehead atoms. The second-order valence-electron chi connectivity index (χ2n) is 5.26. The van der Waals surface area contributed by atoms with Gasteiger partial charge >= 0.3 is 0 Å². The van der Waals surface area contributed by atoms with Crippen LogP contribution >= 0.6 is 12.6 Å². The van der Waals surface area contributed by atoms with Gasteiger partial charge in [-0.05, 0) is 49.1 Å². The van der Waals surface area contributed by atoms with E-state index in [0.29, 0.717) is 0 Å². The van der Waals surface area contributed by atoms with E-state index in [4.69, 9.17) is 5.73 Å². The maximum Gasteiger partial charge on any atom is 0.117 e. The molecule has 0 radical (unpaired) electrons. The van der Waals surface area contributed by atoms with Crippen LogP contribution in [0.25, 0.3) is 0 Å². The molecule has 2 atom stereocenters. The lowest BCUT2D eigenvalue weighted by molar-refractivity contribution is 0.236. The molecule has 21 heavy (non-hydrogen) atoms. The molecule has 2 aromatic carbocycles. The number of aliphatic hydroxyl groups is 1. The molecule has 0 aliphatic carbocycles. The third kappa shape index (κ3) is 4.69. The summed E-state index contributed by atoms with van der Waals surface area (Å²) in [6, 6.07) is 15.8. The van der Waals surface area contributed by atoms with Crippen LogP contribution in [0, 0.1) is 6.92 Å². The molecule has 112 valence electrons. The van der Waals surface area contributed by atoms with E-state index in [1.807, 2.05) is 43.3 Å². The number of nitrogens with two attached hydrogens (primary N) is 1. The van der Waals surface area contributed by atoms with E-state index in [1.54, 1.807) is 0 Å². The van der Waals surface area contributed by atoms with Crippen LogP contribution in [-0.2, 0) is 6.42 Å². The molecule has 2 rings (SSSR count). The van der Waals surface area contributed by atoms with Gasteiger partial charge in [0.1, 0.15) is 5.44 Å². The van der Waals surface area contributed by atoms with Crippen molar-refractivity contribution in [3.05, 3.63) is 59.7 Å². The second kappa shape index (κ2) is 7.38. The van der Waals surface area contributed by atoms with Gasteiger partial charge in [-0.2, -0.15) is 0 Å². The minimum atomic E-state index is -0.717. The average molecular weight is 302 g/mol. The largest absolute Gasteiger partial charge is 0.399 e. The molecule has 0 aromatic heterocycles. The fraction of sp³-hybridized carbons (Fsp3) is 0.294. The van der Waals surface area contributed by atoms with Crippen molar-refractivity contribution in [1.29, 1.82) is 0 Å². The van der Waals surface area contributed by atoms with Gasteiger partial charge in [0.25, 0.3) is 0 Å². The molecule has 0 fully saturated rings. The van der Waals surface area contributed by atoms with Gasteiger partial charge in [-0.25, -0.2) is 0 Å². The molecule has 2 aromatic rings. The van der Waals surface area contributed by atoms with Crippen molar-refractivity contribution in [2.24, 2.45) is 0 Å². The lowest BCUT2D eigenvalue weighted by Crippen LogP contribution is -2.30. The van der Waals surface area contributed by atoms with E-state index in [9.17, 15) is 5.11 Å². The van der Waals surface area contributed by atoms with Gasteiger partial charge in [0.15, 0.2) is 0 Å². The zero-order valence-corrected chi connectivity index (χ0v) is 13.1. The molecule has 3 nitrogen and oxygen atoms in total. The Bertz CT molecular complexity index is 572. The topological polar surface area (TPSA) is 58.3 Å². The molecule has 0 saturated heterocycles. The van der Waals surface area contributed by atoms with Crippen molar-refractivity contribution in [3.8, 4) is 0 Å². The number of nitrogens with one attached hydrogen (secondary N) is 1. The number of anilines is 2. The van der Waals surface area contributed by atoms with E-state index in [2.05, 4.69) is 30.1 Å². The van der Waals surface area contributed by atoms with Gasteiger partial charge < -0.3 is 16.2 Å². The van der Waals surface area contributed by atoms with Gasteiger partial charge in [-0.3, -0.25) is 0 Å². The van der Waals surface area contributed by atoms with E-state index in [0.717, 1.165) is 29.8 Å². The standard InChI is InChI=1S/C17H22N2OS/c1-12-11-14(18)8-10-15(12)19-16(17(20)21)9-7-13-5-3-2-4-6-13/h2-6,8,10-11,16-17,19-21H,7,9,18H2,1H3. The Hall–Kier alpha value is -1.65. The van der Waals surface area contributed by atoms with Crippen molar-refractivity contribution in [3.63, 3.8) is 0 Å². The molecule has 2 unspecified atom stereocenters. The van der Waals surface area contributed by atoms with Crippen LogP contribution in [0.1, 0.15) is 17.5 Å². The van der Waals surface area contributed by atoms with Crippen molar-refractivity contribution in [1.82, 2.24) is 0 Å². The molecule has 0 heterocycles. The van der Waals surface area contributed by atoms with Crippen LogP contribution in [0.2, 0.25) is 0 Å². The first-order chi connectivity index (χ1) is 10.1. The number of thiol groups is 1. The Morgan fingerprint density at radius 1 is 1.19 bits per heavy atom. The summed E-state index contributed by atoms with van der Waals surface area (Å²) in [6.45, 7) is 2.00. The van der Waals surface area contributed by atoms with Crippen LogP contribution < -0.4 is 11.1 Å². The number of aliphatic hydroxyl groups excluding tert-OH is 1. The van der Waals surface area contributed by atoms with Crippen LogP contribution in [0.3, 0.4) is 0 Å². The molecule has 0 spiro atoms. The zero-order valence-electron chi connectivity index (χ0n) is 12.2. The summed E-state index contributed by atoms with van der Waals surface area (Å²) in [5.41, 5.74) is 9.09. The zero-order chi connectivity index (χ0) is 15.2. The predicted octanol–water partition coefficient (Wildman–Crippen LogP) is 3.24. The molecule has 4 heteroatoms. The first-order valence-electron chi connectivity index (χ1n) is 7.09. The Labute approximate surface area is 131 Å². The summed E-state index contributed by atoms with van der Waals surface area (Å²) in [5, 5.41) is 13.2. The van der Waals surface area contributed by atoms with Gasteiger partial charge in [-0.15, -0.1) is 12.6 Å². The Kier molecular flexibility index (Phi) is 5.53. The Morgan fingerprint density at radius 3 is 2.52 bits per heavy atom. The maximum atomic E-state index is 9.87. The molecular formula is C17H22N2OS. The van der Waals surface area contributed by atoms with Crippen LogP contribution in [0.5, 0.6) is 0 Å². The van der Waals surface area contributed by atoms with Crippen molar-refractivity contribution in [2.45, 2.75) is 31.2 Å². The highest BCUT2D eigenvalue weighted by molar-refractivity contribution is 7.80. The SMILES string of the molecule is Cc1cc(N)ccc1NC(CCc1ccccc1)C(O)S. The lowest BCUT2D eigenvalue weighted by atomic mass is 10.0.